The minimum Gasteiger partial charge on any atom is -0.464 e. The molecule has 4 aromatic rings. The Morgan fingerprint density at radius 2 is 1.75 bits per heavy atom. The topological polar surface area (TPSA) is 62.6 Å². The third kappa shape index (κ3) is 4.19. The van der Waals surface area contributed by atoms with Gasteiger partial charge in [-0.25, -0.2) is 0 Å². The van der Waals surface area contributed by atoms with Gasteiger partial charge in [0.1, 0.15) is 5.58 Å². The Morgan fingerprint density at radius 1 is 0.917 bits per heavy atom. The quantitative estimate of drug-likeness (QED) is 0.372. The van der Waals surface area contributed by atoms with Crippen LogP contribution in [0.5, 0.6) is 0 Å². The summed E-state index contributed by atoms with van der Waals surface area (Å²) < 4.78 is 5.89. The molecule has 0 bridgehead atoms. The number of fused-ring (bicyclic) bond motifs is 3. The number of benzene rings is 3. The maximum absolute atomic E-state index is 13.9. The number of hydrogen-bond donors (Lipinski definition) is 1. The van der Waals surface area contributed by atoms with Crippen LogP contribution in [0.15, 0.2) is 59.2 Å². The fraction of sp³-hybridized carbons (Fsp3) is 0.290. The van der Waals surface area contributed by atoms with Crippen LogP contribution in [0.2, 0.25) is 0 Å². The second-order valence-electron chi connectivity index (χ2n) is 10.2. The minimum absolute atomic E-state index is 0.0268. The van der Waals surface area contributed by atoms with E-state index >= 15 is 0 Å². The van der Waals surface area contributed by atoms with Crippen molar-refractivity contribution in [3.63, 3.8) is 0 Å². The van der Waals surface area contributed by atoms with Gasteiger partial charge in [-0.1, -0.05) is 23.8 Å². The van der Waals surface area contributed by atoms with Crippen molar-refractivity contribution in [1.82, 2.24) is 0 Å². The van der Waals surface area contributed by atoms with E-state index in [-0.39, 0.29) is 18.2 Å². The second-order valence-corrected chi connectivity index (χ2v) is 10.2. The van der Waals surface area contributed by atoms with Crippen molar-refractivity contribution < 1.29 is 14.0 Å². The number of carbonyl (C=O) groups excluding carboxylic acids is 2. The molecule has 0 saturated carbocycles. The number of furan rings is 1. The molecule has 5 heteroatoms. The summed E-state index contributed by atoms with van der Waals surface area (Å²) in [6.07, 6.45) is 6.53. The van der Waals surface area contributed by atoms with Crippen molar-refractivity contribution >= 4 is 34.2 Å². The molecule has 1 aliphatic heterocycles. The molecule has 182 valence electrons. The first-order valence-electron chi connectivity index (χ1n) is 12.8. The van der Waals surface area contributed by atoms with Crippen molar-refractivity contribution in [2.24, 2.45) is 0 Å². The predicted octanol–water partition coefficient (Wildman–Crippen LogP) is 6.20. The minimum atomic E-state index is 0.0268. The summed E-state index contributed by atoms with van der Waals surface area (Å²) >= 11 is 0. The number of hydrogen-bond acceptors (Lipinski definition) is 3. The van der Waals surface area contributed by atoms with Gasteiger partial charge in [0, 0.05) is 28.7 Å². The molecule has 2 amide bonds. The predicted molar refractivity (Wildman–Crippen MR) is 142 cm³/mol. The van der Waals surface area contributed by atoms with E-state index in [2.05, 4.69) is 55.6 Å². The van der Waals surface area contributed by atoms with Gasteiger partial charge in [-0.3, -0.25) is 9.59 Å². The maximum Gasteiger partial charge on any atom is 0.231 e. The average Bonchev–Trinajstić information content (AvgIpc) is 3.49. The maximum atomic E-state index is 13.9. The molecule has 6 rings (SSSR count). The largest absolute Gasteiger partial charge is 0.464 e. The highest BCUT2D eigenvalue weighted by Crippen LogP contribution is 2.32. The van der Waals surface area contributed by atoms with E-state index in [0.29, 0.717) is 19.4 Å². The molecule has 0 radical (unpaired) electrons. The van der Waals surface area contributed by atoms with Crippen molar-refractivity contribution in [2.75, 3.05) is 10.2 Å². The molecule has 0 spiro atoms. The lowest BCUT2D eigenvalue weighted by molar-refractivity contribution is -0.118. The number of carbonyl (C=O) groups is 2. The summed E-state index contributed by atoms with van der Waals surface area (Å²) in [6, 6.07) is 16.7. The number of nitrogens with zero attached hydrogens (tertiary/aromatic N) is 1. The number of amides is 2. The van der Waals surface area contributed by atoms with Gasteiger partial charge in [-0.05, 0) is 97.7 Å². The summed E-state index contributed by atoms with van der Waals surface area (Å²) in [5, 5.41) is 3.99. The third-order valence-corrected chi connectivity index (χ3v) is 7.64. The lowest BCUT2D eigenvalue weighted by Gasteiger charge is -2.26. The van der Waals surface area contributed by atoms with E-state index < -0.39 is 0 Å². The SMILES string of the molecule is Cc1ccc(C)c(CN(C(=O)Cc2coc3cc4c(cc23)CCC4)c2ccc3c(c2)CCC(=O)N3)c1. The van der Waals surface area contributed by atoms with E-state index in [1.165, 1.54) is 23.1 Å². The molecule has 36 heavy (non-hydrogen) atoms. The number of rotatable bonds is 5. The van der Waals surface area contributed by atoms with Crippen LogP contribution in [-0.4, -0.2) is 11.8 Å². The summed E-state index contributed by atoms with van der Waals surface area (Å²) in [7, 11) is 0. The zero-order valence-electron chi connectivity index (χ0n) is 20.8. The van der Waals surface area contributed by atoms with Crippen LogP contribution < -0.4 is 10.2 Å². The third-order valence-electron chi connectivity index (χ3n) is 7.64. The fourth-order valence-electron chi connectivity index (χ4n) is 5.55. The Balaban J connectivity index is 1.36. The van der Waals surface area contributed by atoms with Gasteiger partial charge in [0.05, 0.1) is 19.2 Å². The lowest BCUT2D eigenvalue weighted by atomic mass is 10.00. The molecule has 2 heterocycles. The van der Waals surface area contributed by atoms with Gasteiger partial charge < -0.3 is 14.6 Å². The Bertz CT molecular complexity index is 1510. The smallest absolute Gasteiger partial charge is 0.231 e. The standard InChI is InChI=1S/C31H30N2O3/c1-19-6-7-20(2)24(12-19)17-33(26-9-10-28-23(13-26)8-11-30(34)32-28)31(35)16-25-18-36-29-15-22-5-3-4-21(22)14-27(25)29/h6-7,9-10,12-15,18H,3-5,8,11,16-17H2,1-2H3,(H,32,34). The molecule has 2 aliphatic rings. The first-order valence-corrected chi connectivity index (χ1v) is 12.8. The van der Waals surface area contributed by atoms with Crippen LogP contribution in [0.25, 0.3) is 11.0 Å². The molecule has 1 aliphatic carbocycles. The molecule has 1 N–H and O–H groups in total. The molecular weight excluding hydrogens is 448 g/mol. The monoisotopic (exact) mass is 478 g/mol. The number of nitrogens with one attached hydrogen (secondary N) is 1. The molecule has 0 fully saturated rings. The van der Waals surface area contributed by atoms with Crippen LogP contribution >= 0.6 is 0 Å². The van der Waals surface area contributed by atoms with E-state index in [1.807, 2.05) is 17.0 Å². The summed E-state index contributed by atoms with van der Waals surface area (Å²) in [5.74, 6) is 0.0655. The number of anilines is 2. The molecule has 1 aromatic heterocycles. The van der Waals surface area contributed by atoms with Crippen molar-refractivity contribution in [2.45, 2.75) is 58.9 Å². The zero-order valence-corrected chi connectivity index (χ0v) is 20.8. The zero-order chi connectivity index (χ0) is 24.8. The first kappa shape index (κ1) is 22.6. The Hall–Kier alpha value is -3.86. The molecule has 3 aromatic carbocycles. The highest BCUT2D eigenvalue weighted by atomic mass is 16.3. The van der Waals surface area contributed by atoms with Crippen molar-refractivity contribution in [3.8, 4) is 0 Å². The second kappa shape index (κ2) is 8.98. The highest BCUT2D eigenvalue weighted by Gasteiger charge is 2.23. The van der Waals surface area contributed by atoms with Crippen molar-refractivity contribution in [3.05, 3.63) is 93.7 Å². The van der Waals surface area contributed by atoms with Gasteiger partial charge in [0.25, 0.3) is 0 Å². The summed E-state index contributed by atoms with van der Waals surface area (Å²) in [6.45, 7) is 4.65. The van der Waals surface area contributed by atoms with Crippen LogP contribution in [0.4, 0.5) is 11.4 Å². The van der Waals surface area contributed by atoms with Gasteiger partial charge in [-0.15, -0.1) is 0 Å². The van der Waals surface area contributed by atoms with Crippen LogP contribution in [-0.2, 0) is 41.8 Å². The van der Waals surface area contributed by atoms with Gasteiger partial charge >= 0.3 is 0 Å². The molecule has 0 unspecified atom stereocenters. The molecule has 5 nitrogen and oxygen atoms in total. The molecule has 0 atom stereocenters. The van der Waals surface area contributed by atoms with Gasteiger partial charge in [-0.2, -0.15) is 0 Å². The Labute approximate surface area is 211 Å². The van der Waals surface area contributed by atoms with Crippen LogP contribution in [0.1, 0.15) is 51.8 Å². The van der Waals surface area contributed by atoms with Gasteiger partial charge in [0.2, 0.25) is 11.8 Å². The normalized spacial score (nSPS) is 14.4. The summed E-state index contributed by atoms with van der Waals surface area (Å²) in [5.41, 5.74) is 10.8. The Kier molecular flexibility index (Phi) is 5.63. The van der Waals surface area contributed by atoms with E-state index in [9.17, 15) is 9.59 Å². The fourth-order valence-corrected chi connectivity index (χ4v) is 5.55. The lowest BCUT2D eigenvalue weighted by Crippen LogP contribution is -2.32. The molecular formula is C31H30N2O3. The van der Waals surface area contributed by atoms with E-state index in [0.717, 1.165) is 57.4 Å². The average molecular weight is 479 g/mol. The van der Waals surface area contributed by atoms with Crippen molar-refractivity contribution in [1.29, 1.82) is 0 Å². The Morgan fingerprint density at radius 3 is 2.61 bits per heavy atom. The van der Waals surface area contributed by atoms with E-state index in [1.54, 1.807) is 6.26 Å². The first-order chi connectivity index (χ1) is 17.4. The van der Waals surface area contributed by atoms with Crippen LogP contribution in [0.3, 0.4) is 0 Å². The molecule has 0 saturated heterocycles. The van der Waals surface area contributed by atoms with E-state index in [4.69, 9.17) is 4.42 Å². The van der Waals surface area contributed by atoms with Crippen LogP contribution in [0, 0.1) is 13.8 Å². The summed E-state index contributed by atoms with van der Waals surface area (Å²) in [4.78, 5) is 27.6. The van der Waals surface area contributed by atoms with Gasteiger partial charge in [0.15, 0.2) is 0 Å². The number of aryl methyl sites for hydroxylation is 5. The highest BCUT2D eigenvalue weighted by molar-refractivity contribution is 5.99.